The summed E-state index contributed by atoms with van der Waals surface area (Å²) in [4.78, 5) is 2.53. The Labute approximate surface area is 236 Å². The molecule has 0 aromatic heterocycles. The quantitative estimate of drug-likeness (QED) is 0.219. The van der Waals surface area contributed by atoms with Crippen LogP contribution in [-0.4, -0.2) is 49.0 Å². The van der Waals surface area contributed by atoms with Crippen molar-refractivity contribution in [2.45, 2.75) is 17.7 Å². The Bertz CT molecular complexity index is 1410. The van der Waals surface area contributed by atoms with Gasteiger partial charge in [0.15, 0.2) is 0 Å². The van der Waals surface area contributed by atoms with Crippen molar-refractivity contribution < 1.29 is 14.6 Å². The van der Waals surface area contributed by atoms with Crippen molar-refractivity contribution in [2.75, 3.05) is 32.9 Å². The van der Waals surface area contributed by atoms with Gasteiger partial charge in [0, 0.05) is 13.1 Å². The van der Waals surface area contributed by atoms with Gasteiger partial charge in [-0.15, -0.1) is 0 Å². The van der Waals surface area contributed by atoms with Crippen molar-refractivity contribution in [3.8, 4) is 0 Å². The standard InChI is InChI=1S/C36H35NO3/c38-35(34-22-12-14-28-13-10-11-21-33(28)34)27-39-26-32-25-37(23-24-40-32)36(29-15-4-1-5-16-29,30-17-6-2-7-18-30)31-19-8-3-9-20-31/h1-22,32,35,38H,23-27H2. The highest BCUT2D eigenvalue weighted by Gasteiger charge is 2.44. The van der Waals surface area contributed by atoms with Crippen molar-refractivity contribution in [1.29, 1.82) is 0 Å². The summed E-state index contributed by atoms with van der Waals surface area (Å²) in [7, 11) is 0. The van der Waals surface area contributed by atoms with E-state index in [9.17, 15) is 5.11 Å². The largest absolute Gasteiger partial charge is 0.386 e. The van der Waals surface area contributed by atoms with Crippen molar-refractivity contribution >= 4 is 10.8 Å². The molecule has 0 bridgehead atoms. The van der Waals surface area contributed by atoms with Crippen molar-refractivity contribution in [3.63, 3.8) is 0 Å². The molecule has 0 radical (unpaired) electrons. The molecule has 0 amide bonds. The van der Waals surface area contributed by atoms with Crippen LogP contribution in [0.3, 0.4) is 0 Å². The number of benzene rings is 5. The zero-order chi connectivity index (χ0) is 27.2. The fraction of sp³-hybridized carbons (Fsp3) is 0.222. The first-order chi connectivity index (χ1) is 19.8. The fourth-order valence-electron chi connectivity index (χ4n) is 6.15. The normalized spacial score (nSPS) is 17.1. The Morgan fingerprint density at radius 3 is 1.90 bits per heavy atom. The Kier molecular flexibility index (Phi) is 8.03. The molecule has 5 aromatic rings. The summed E-state index contributed by atoms with van der Waals surface area (Å²) in [5.74, 6) is 0. The molecule has 1 aliphatic rings. The van der Waals surface area contributed by atoms with E-state index in [4.69, 9.17) is 9.47 Å². The van der Waals surface area contributed by atoms with Crippen LogP contribution in [-0.2, 0) is 15.0 Å². The number of hydrogen-bond acceptors (Lipinski definition) is 4. The van der Waals surface area contributed by atoms with E-state index in [1.807, 2.05) is 30.3 Å². The Morgan fingerprint density at radius 1 is 0.725 bits per heavy atom. The maximum atomic E-state index is 11.0. The lowest BCUT2D eigenvalue weighted by molar-refractivity contribution is -0.0945. The van der Waals surface area contributed by atoms with Crippen LogP contribution in [0.5, 0.6) is 0 Å². The number of nitrogens with zero attached hydrogens (tertiary/aromatic N) is 1. The van der Waals surface area contributed by atoms with E-state index in [2.05, 4.69) is 108 Å². The molecule has 1 aliphatic heterocycles. The number of rotatable bonds is 9. The third-order valence-electron chi connectivity index (χ3n) is 7.95. The lowest BCUT2D eigenvalue weighted by Crippen LogP contribution is -2.56. The number of fused-ring (bicyclic) bond motifs is 1. The Morgan fingerprint density at radius 2 is 1.27 bits per heavy atom. The number of ether oxygens (including phenoxy) is 2. The summed E-state index contributed by atoms with van der Waals surface area (Å²) in [5, 5.41) is 13.2. The number of aliphatic hydroxyl groups excluding tert-OH is 1. The predicted molar refractivity (Wildman–Crippen MR) is 160 cm³/mol. The van der Waals surface area contributed by atoms with Gasteiger partial charge in [0.2, 0.25) is 0 Å². The Balaban J connectivity index is 1.25. The summed E-state index contributed by atoms with van der Waals surface area (Å²) in [6.45, 7) is 2.72. The molecule has 0 spiro atoms. The number of hydrogen-bond donors (Lipinski definition) is 1. The number of morpholine rings is 1. The summed E-state index contributed by atoms with van der Waals surface area (Å²) in [6, 6.07) is 46.4. The first-order valence-electron chi connectivity index (χ1n) is 14.0. The van der Waals surface area contributed by atoms with E-state index in [1.54, 1.807) is 0 Å². The maximum Gasteiger partial charge on any atom is 0.103 e. The predicted octanol–water partition coefficient (Wildman–Crippen LogP) is 6.58. The van der Waals surface area contributed by atoms with Gasteiger partial charge in [0.25, 0.3) is 0 Å². The van der Waals surface area contributed by atoms with E-state index >= 15 is 0 Å². The summed E-state index contributed by atoms with van der Waals surface area (Å²) in [5.41, 5.74) is 4.08. The number of aliphatic hydroxyl groups is 1. The molecule has 6 rings (SSSR count). The van der Waals surface area contributed by atoms with Gasteiger partial charge in [0.05, 0.1) is 31.5 Å². The fourth-order valence-corrected chi connectivity index (χ4v) is 6.15. The van der Waals surface area contributed by atoms with E-state index in [-0.39, 0.29) is 12.7 Å². The second-order valence-corrected chi connectivity index (χ2v) is 10.4. The van der Waals surface area contributed by atoms with Crippen LogP contribution in [0.2, 0.25) is 0 Å². The van der Waals surface area contributed by atoms with Crippen LogP contribution in [0.15, 0.2) is 133 Å². The molecule has 2 atom stereocenters. The van der Waals surface area contributed by atoms with Gasteiger partial charge < -0.3 is 14.6 Å². The summed E-state index contributed by atoms with van der Waals surface area (Å²) in [6.07, 6.45) is -0.827. The molecule has 1 saturated heterocycles. The average molecular weight is 530 g/mol. The van der Waals surface area contributed by atoms with Crippen LogP contribution in [0.1, 0.15) is 28.4 Å². The van der Waals surface area contributed by atoms with Crippen LogP contribution >= 0.6 is 0 Å². The molecule has 0 saturated carbocycles. The minimum atomic E-state index is -0.706. The van der Waals surface area contributed by atoms with Crippen LogP contribution in [0, 0.1) is 0 Å². The van der Waals surface area contributed by atoms with Crippen molar-refractivity contribution in [1.82, 2.24) is 4.90 Å². The Hall–Kier alpha value is -3.80. The van der Waals surface area contributed by atoms with Gasteiger partial charge in [-0.25, -0.2) is 0 Å². The smallest absolute Gasteiger partial charge is 0.103 e. The highest BCUT2D eigenvalue weighted by Crippen LogP contribution is 2.43. The molecule has 1 N–H and O–H groups in total. The van der Waals surface area contributed by atoms with Gasteiger partial charge >= 0.3 is 0 Å². The zero-order valence-electron chi connectivity index (χ0n) is 22.6. The minimum absolute atomic E-state index is 0.121. The summed E-state index contributed by atoms with van der Waals surface area (Å²) >= 11 is 0. The monoisotopic (exact) mass is 529 g/mol. The molecule has 4 heteroatoms. The van der Waals surface area contributed by atoms with Gasteiger partial charge in [-0.1, -0.05) is 133 Å². The molecule has 0 aliphatic carbocycles. The lowest BCUT2D eigenvalue weighted by atomic mass is 9.75. The molecular weight excluding hydrogens is 494 g/mol. The van der Waals surface area contributed by atoms with Gasteiger partial charge in [-0.05, 0) is 33.0 Å². The van der Waals surface area contributed by atoms with E-state index in [1.165, 1.54) is 16.7 Å². The van der Waals surface area contributed by atoms with Gasteiger partial charge in [-0.3, -0.25) is 4.90 Å². The highest BCUT2D eigenvalue weighted by molar-refractivity contribution is 5.85. The van der Waals surface area contributed by atoms with Gasteiger partial charge in [-0.2, -0.15) is 0 Å². The van der Waals surface area contributed by atoms with E-state index in [0.717, 1.165) is 22.9 Å². The third-order valence-corrected chi connectivity index (χ3v) is 7.95. The zero-order valence-corrected chi connectivity index (χ0v) is 22.6. The topological polar surface area (TPSA) is 41.9 Å². The molecule has 2 unspecified atom stereocenters. The van der Waals surface area contributed by atoms with Crippen LogP contribution < -0.4 is 0 Å². The minimum Gasteiger partial charge on any atom is -0.386 e. The van der Waals surface area contributed by atoms with E-state index in [0.29, 0.717) is 19.8 Å². The molecule has 4 nitrogen and oxygen atoms in total. The van der Waals surface area contributed by atoms with Crippen LogP contribution in [0.25, 0.3) is 10.8 Å². The van der Waals surface area contributed by atoms with Gasteiger partial charge in [0.1, 0.15) is 6.10 Å². The third kappa shape index (κ3) is 5.19. The molecular formula is C36H35NO3. The molecule has 202 valence electrons. The van der Waals surface area contributed by atoms with Crippen molar-refractivity contribution in [3.05, 3.63) is 156 Å². The van der Waals surface area contributed by atoms with Crippen LogP contribution in [0.4, 0.5) is 0 Å². The highest BCUT2D eigenvalue weighted by atomic mass is 16.5. The molecule has 40 heavy (non-hydrogen) atoms. The maximum absolute atomic E-state index is 11.0. The second kappa shape index (κ2) is 12.2. The molecule has 1 heterocycles. The first kappa shape index (κ1) is 26.4. The first-order valence-corrected chi connectivity index (χ1v) is 14.0. The average Bonchev–Trinajstić information content (AvgIpc) is 3.03. The summed E-state index contributed by atoms with van der Waals surface area (Å²) < 4.78 is 12.3. The van der Waals surface area contributed by atoms with Crippen molar-refractivity contribution in [2.24, 2.45) is 0 Å². The second-order valence-electron chi connectivity index (χ2n) is 10.4. The van der Waals surface area contributed by atoms with E-state index < -0.39 is 11.6 Å². The molecule has 1 fully saturated rings. The SMILES string of the molecule is OC(COCC1CN(C(c2ccccc2)(c2ccccc2)c2ccccc2)CCO1)c1cccc2ccccc12. The lowest BCUT2D eigenvalue weighted by Gasteiger charge is -2.48. The molecule has 5 aromatic carbocycles.